The molecule has 0 saturated carbocycles. The van der Waals surface area contributed by atoms with E-state index in [1.807, 2.05) is 12.3 Å². The van der Waals surface area contributed by atoms with Gasteiger partial charge in [0.1, 0.15) is 0 Å². The number of rotatable bonds is 4. The van der Waals surface area contributed by atoms with Crippen LogP contribution >= 0.6 is 22.9 Å². The number of hydrogen-bond acceptors (Lipinski definition) is 3. The van der Waals surface area contributed by atoms with Gasteiger partial charge in [0.15, 0.2) is 0 Å². The topological polar surface area (TPSA) is 24.9 Å². The summed E-state index contributed by atoms with van der Waals surface area (Å²) in [7, 11) is 0. The lowest BCUT2D eigenvalue weighted by molar-refractivity contribution is 0.640. The lowest BCUT2D eigenvalue weighted by Crippen LogP contribution is -2.21. The minimum Gasteiger partial charge on any atom is -0.306 e. The Bertz CT molecular complexity index is 766. The summed E-state index contributed by atoms with van der Waals surface area (Å²) in [5, 5.41) is 7.68. The van der Waals surface area contributed by atoms with Crippen LogP contribution in [0.15, 0.2) is 41.9 Å². The van der Waals surface area contributed by atoms with Crippen LogP contribution in [0, 0.1) is 6.92 Å². The van der Waals surface area contributed by atoms with Gasteiger partial charge >= 0.3 is 0 Å². The highest BCUT2D eigenvalue weighted by molar-refractivity contribution is 7.10. The van der Waals surface area contributed by atoms with Crippen molar-refractivity contribution >= 4 is 33.8 Å². The van der Waals surface area contributed by atoms with Crippen LogP contribution in [-0.4, -0.2) is 11.5 Å². The predicted molar refractivity (Wildman–Crippen MR) is 91.3 cm³/mol. The number of aryl methyl sites for hydroxylation is 1. The van der Waals surface area contributed by atoms with E-state index in [0.717, 1.165) is 28.0 Å². The molecule has 0 radical (unpaired) electrons. The molecule has 3 aromatic rings. The second kappa shape index (κ2) is 6.14. The Morgan fingerprint density at radius 1 is 1.33 bits per heavy atom. The Kier molecular flexibility index (Phi) is 4.24. The molecule has 2 heterocycles. The summed E-state index contributed by atoms with van der Waals surface area (Å²) in [4.78, 5) is 5.56. The first kappa shape index (κ1) is 14.5. The van der Waals surface area contributed by atoms with E-state index in [4.69, 9.17) is 11.6 Å². The Balaban J connectivity index is 2.08. The number of halogens is 1. The van der Waals surface area contributed by atoms with Crippen molar-refractivity contribution in [2.24, 2.45) is 0 Å². The minimum atomic E-state index is 0.130. The van der Waals surface area contributed by atoms with Crippen molar-refractivity contribution in [3.63, 3.8) is 0 Å². The minimum absolute atomic E-state index is 0.130. The van der Waals surface area contributed by atoms with Gasteiger partial charge in [-0.2, -0.15) is 0 Å². The van der Waals surface area contributed by atoms with Crippen LogP contribution in [0.5, 0.6) is 0 Å². The maximum atomic E-state index is 6.47. The lowest BCUT2D eigenvalue weighted by atomic mass is 10.0. The quantitative estimate of drug-likeness (QED) is 0.736. The Labute approximate surface area is 133 Å². The molecular formula is C17H17ClN2S. The summed E-state index contributed by atoms with van der Waals surface area (Å²) in [6, 6.07) is 10.6. The molecule has 3 rings (SSSR count). The monoisotopic (exact) mass is 316 g/mol. The Morgan fingerprint density at radius 3 is 2.90 bits per heavy atom. The zero-order valence-electron chi connectivity index (χ0n) is 12.1. The van der Waals surface area contributed by atoms with Gasteiger partial charge in [-0.3, -0.25) is 4.98 Å². The van der Waals surface area contributed by atoms with Crippen molar-refractivity contribution in [1.82, 2.24) is 10.3 Å². The molecule has 4 heteroatoms. The fourth-order valence-corrected chi connectivity index (χ4v) is 3.89. The van der Waals surface area contributed by atoms with Crippen molar-refractivity contribution in [1.29, 1.82) is 0 Å². The molecule has 1 unspecified atom stereocenters. The molecule has 21 heavy (non-hydrogen) atoms. The van der Waals surface area contributed by atoms with Crippen LogP contribution in [-0.2, 0) is 0 Å². The molecule has 0 aliphatic rings. The highest BCUT2D eigenvalue weighted by Gasteiger charge is 2.19. The fraction of sp³-hybridized carbons (Fsp3) is 0.235. The standard InChI is InChI=1S/C17H17ClN2S/c1-3-19-16(17-15(18)11(2)10-21-17)13-6-7-14-12(9-13)5-4-8-20-14/h4-10,16,19H,3H2,1-2H3. The van der Waals surface area contributed by atoms with E-state index in [1.165, 1.54) is 10.4 Å². The van der Waals surface area contributed by atoms with Gasteiger partial charge in [0.2, 0.25) is 0 Å². The molecule has 0 aliphatic heterocycles. The van der Waals surface area contributed by atoms with E-state index in [1.54, 1.807) is 11.3 Å². The van der Waals surface area contributed by atoms with Crippen molar-refractivity contribution in [3.8, 4) is 0 Å². The van der Waals surface area contributed by atoms with Crippen molar-refractivity contribution < 1.29 is 0 Å². The number of pyridine rings is 1. The molecule has 1 atom stereocenters. The van der Waals surface area contributed by atoms with E-state index in [0.29, 0.717) is 0 Å². The van der Waals surface area contributed by atoms with Gasteiger partial charge in [0, 0.05) is 16.5 Å². The average molecular weight is 317 g/mol. The molecule has 0 fully saturated rings. The van der Waals surface area contributed by atoms with E-state index < -0.39 is 0 Å². The first-order valence-corrected chi connectivity index (χ1v) is 8.28. The molecule has 0 amide bonds. The third-order valence-electron chi connectivity index (χ3n) is 3.56. The smallest absolute Gasteiger partial charge is 0.0702 e. The zero-order chi connectivity index (χ0) is 14.8. The molecule has 0 bridgehead atoms. The molecule has 0 aliphatic carbocycles. The number of aromatic nitrogens is 1. The third kappa shape index (κ3) is 2.82. The van der Waals surface area contributed by atoms with Gasteiger partial charge in [0.25, 0.3) is 0 Å². The van der Waals surface area contributed by atoms with Gasteiger partial charge < -0.3 is 5.32 Å². The molecule has 2 aromatic heterocycles. The maximum Gasteiger partial charge on any atom is 0.0702 e. The molecular weight excluding hydrogens is 300 g/mol. The molecule has 108 valence electrons. The molecule has 0 saturated heterocycles. The molecule has 0 spiro atoms. The largest absolute Gasteiger partial charge is 0.306 e. The summed E-state index contributed by atoms with van der Waals surface area (Å²) >= 11 is 8.18. The Morgan fingerprint density at radius 2 is 2.19 bits per heavy atom. The first-order chi connectivity index (χ1) is 10.2. The van der Waals surface area contributed by atoms with E-state index >= 15 is 0 Å². The number of fused-ring (bicyclic) bond motifs is 1. The number of hydrogen-bond donors (Lipinski definition) is 1. The van der Waals surface area contributed by atoms with Crippen LogP contribution in [0.3, 0.4) is 0 Å². The van der Waals surface area contributed by atoms with E-state index in [9.17, 15) is 0 Å². The van der Waals surface area contributed by atoms with Crippen LogP contribution < -0.4 is 5.32 Å². The molecule has 2 nitrogen and oxygen atoms in total. The van der Waals surface area contributed by atoms with Crippen molar-refractivity contribution in [3.05, 3.63) is 62.9 Å². The molecule has 1 N–H and O–H groups in total. The van der Waals surface area contributed by atoms with Crippen LogP contribution in [0.2, 0.25) is 5.02 Å². The van der Waals surface area contributed by atoms with Crippen LogP contribution in [0.4, 0.5) is 0 Å². The third-order valence-corrected chi connectivity index (χ3v) is 5.33. The van der Waals surface area contributed by atoms with Crippen LogP contribution in [0.25, 0.3) is 10.9 Å². The summed E-state index contributed by atoms with van der Waals surface area (Å²) in [5.41, 5.74) is 3.38. The first-order valence-electron chi connectivity index (χ1n) is 7.02. The second-order valence-corrected chi connectivity index (χ2v) is 6.33. The summed E-state index contributed by atoms with van der Waals surface area (Å²) in [6.45, 7) is 5.06. The highest BCUT2D eigenvalue weighted by atomic mass is 35.5. The number of benzene rings is 1. The van der Waals surface area contributed by atoms with Gasteiger partial charge in [-0.1, -0.05) is 30.7 Å². The normalized spacial score (nSPS) is 12.7. The van der Waals surface area contributed by atoms with Crippen molar-refractivity contribution in [2.75, 3.05) is 6.54 Å². The average Bonchev–Trinajstić information content (AvgIpc) is 2.84. The fourth-order valence-electron chi connectivity index (χ4n) is 2.48. The summed E-state index contributed by atoms with van der Waals surface area (Å²) < 4.78 is 0. The van der Waals surface area contributed by atoms with E-state index in [2.05, 4.69) is 53.8 Å². The predicted octanol–water partition coefficient (Wildman–Crippen LogP) is 4.96. The number of nitrogens with one attached hydrogen (secondary N) is 1. The Hall–Kier alpha value is -1.42. The number of thiophene rings is 1. The molecule has 1 aromatic carbocycles. The lowest BCUT2D eigenvalue weighted by Gasteiger charge is -2.18. The van der Waals surface area contributed by atoms with Crippen LogP contribution in [0.1, 0.15) is 29.0 Å². The maximum absolute atomic E-state index is 6.47. The van der Waals surface area contributed by atoms with E-state index in [-0.39, 0.29) is 6.04 Å². The van der Waals surface area contributed by atoms with Gasteiger partial charge in [-0.15, -0.1) is 11.3 Å². The summed E-state index contributed by atoms with van der Waals surface area (Å²) in [6.07, 6.45) is 1.82. The van der Waals surface area contributed by atoms with Gasteiger partial charge in [-0.05, 0) is 48.2 Å². The second-order valence-electron chi connectivity index (χ2n) is 5.04. The SMILES string of the molecule is CCNC(c1ccc2ncccc2c1)c1scc(C)c1Cl. The van der Waals surface area contributed by atoms with Gasteiger partial charge in [0.05, 0.1) is 16.6 Å². The summed E-state index contributed by atoms with van der Waals surface area (Å²) in [5.74, 6) is 0. The number of nitrogens with zero attached hydrogens (tertiary/aromatic N) is 1. The van der Waals surface area contributed by atoms with Gasteiger partial charge in [-0.25, -0.2) is 0 Å². The van der Waals surface area contributed by atoms with Crippen molar-refractivity contribution in [2.45, 2.75) is 19.9 Å². The highest BCUT2D eigenvalue weighted by Crippen LogP contribution is 2.36. The zero-order valence-corrected chi connectivity index (χ0v) is 13.6.